The van der Waals surface area contributed by atoms with Crippen molar-refractivity contribution in [2.24, 2.45) is 0 Å². The van der Waals surface area contributed by atoms with Crippen LogP contribution in [-0.4, -0.2) is 17.2 Å². The van der Waals surface area contributed by atoms with Gasteiger partial charge < -0.3 is 9.84 Å². The fourth-order valence-corrected chi connectivity index (χ4v) is 1.54. The van der Waals surface area contributed by atoms with Gasteiger partial charge in [-0.05, 0) is 28.7 Å². The molecule has 78 valence electrons. The van der Waals surface area contributed by atoms with E-state index >= 15 is 0 Å². The molecule has 1 heterocycles. The van der Waals surface area contributed by atoms with Crippen LogP contribution in [0.3, 0.4) is 0 Å². The molecule has 0 fully saturated rings. The minimum atomic E-state index is -2.67. The van der Waals surface area contributed by atoms with E-state index in [1.165, 1.54) is 13.2 Å². The van der Waals surface area contributed by atoms with Crippen LogP contribution in [0.5, 0.6) is 5.75 Å². The number of nitrogens with zero attached hydrogens (tertiary/aromatic N) is 1. The number of halogens is 3. The zero-order valence-corrected chi connectivity index (χ0v) is 9.46. The molecule has 0 aliphatic carbocycles. The summed E-state index contributed by atoms with van der Waals surface area (Å²) in [5, 5.41) is 8.88. The van der Waals surface area contributed by atoms with E-state index in [0.29, 0.717) is 9.26 Å². The molecule has 0 saturated carbocycles. The van der Waals surface area contributed by atoms with Crippen molar-refractivity contribution < 1.29 is 18.6 Å². The maximum Gasteiger partial charge on any atom is 0.284 e. The second-order valence-electron chi connectivity index (χ2n) is 2.48. The molecule has 1 N–H and O–H groups in total. The van der Waals surface area contributed by atoms with Crippen LogP contribution in [0, 0.1) is 3.70 Å². The lowest BCUT2D eigenvalue weighted by molar-refractivity contribution is 0.141. The van der Waals surface area contributed by atoms with E-state index in [-0.39, 0.29) is 12.4 Å². The Balaban J connectivity index is 3.24. The summed E-state index contributed by atoms with van der Waals surface area (Å²) in [7, 11) is 1.29. The molecule has 3 nitrogen and oxygen atoms in total. The summed E-state index contributed by atoms with van der Waals surface area (Å²) >= 11 is 1.79. The van der Waals surface area contributed by atoms with Crippen molar-refractivity contribution in [3.05, 3.63) is 21.0 Å². The Morgan fingerprint density at radius 3 is 2.71 bits per heavy atom. The Labute approximate surface area is 93.2 Å². The molecule has 1 aromatic rings. The molecule has 14 heavy (non-hydrogen) atoms. The van der Waals surface area contributed by atoms with Gasteiger partial charge >= 0.3 is 0 Å². The van der Waals surface area contributed by atoms with Crippen molar-refractivity contribution in [3.63, 3.8) is 0 Å². The van der Waals surface area contributed by atoms with Crippen molar-refractivity contribution in [1.82, 2.24) is 4.98 Å². The molecule has 6 heteroatoms. The molecule has 0 amide bonds. The number of methoxy groups -OCH3 is 1. The van der Waals surface area contributed by atoms with Gasteiger partial charge in [0, 0.05) is 5.56 Å². The highest BCUT2D eigenvalue weighted by Crippen LogP contribution is 2.29. The number of hydrogen-bond acceptors (Lipinski definition) is 3. The first-order chi connectivity index (χ1) is 6.60. The van der Waals surface area contributed by atoms with Gasteiger partial charge in [-0.25, -0.2) is 13.8 Å². The highest BCUT2D eigenvalue weighted by Gasteiger charge is 2.18. The average molecular weight is 315 g/mol. The molecule has 0 spiro atoms. The van der Waals surface area contributed by atoms with Gasteiger partial charge in [0.2, 0.25) is 0 Å². The maximum atomic E-state index is 12.4. The smallest absolute Gasteiger partial charge is 0.284 e. The molecule has 1 aromatic heterocycles. The molecule has 0 aliphatic rings. The molecule has 0 aliphatic heterocycles. The lowest BCUT2D eigenvalue weighted by atomic mass is 10.2. The summed E-state index contributed by atoms with van der Waals surface area (Å²) in [6, 6.07) is 1.37. The van der Waals surface area contributed by atoms with E-state index in [0.717, 1.165) is 0 Å². The van der Waals surface area contributed by atoms with Gasteiger partial charge in [0.15, 0.2) is 0 Å². The Hall–Kier alpha value is -0.500. The first-order valence-electron chi connectivity index (χ1n) is 3.72. The SMILES string of the molecule is COc1cc(CO)c(I)nc1C(F)F. The van der Waals surface area contributed by atoms with Crippen LogP contribution >= 0.6 is 22.6 Å². The highest BCUT2D eigenvalue weighted by molar-refractivity contribution is 14.1. The van der Waals surface area contributed by atoms with Crippen LogP contribution in [0.15, 0.2) is 6.07 Å². The topological polar surface area (TPSA) is 42.4 Å². The molecule has 0 bridgehead atoms. The average Bonchev–Trinajstić information content (AvgIpc) is 2.17. The summed E-state index contributed by atoms with van der Waals surface area (Å²) in [6.45, 7) is -0.245. The molecule has 0 saturated heterocycles. The lowest BCUT2D eigenvalue weighted by Crippen LogP contribution is -2.02. The predicted octanol–water partition coefficient (Wildman–Crippen LogP) is 2.12. The molecule has 0 unspecified atom stereocenters. The summed E-state index contributed by atoms with van der Waals surface area (Å²) in [5.41, 5.74) is 0.0842. The van der Waals surface area contributed by atoms with Gasteiger partial charge in [-0.3, -0.25) is 0 Å². The highest BCUT2D eigenvalue weighted by atomic mass is 127. The van der Waals surface area contributed by atoms with Crippen LogP contribution in [0.4, 0.5) is 8.78 Å². The zero-order chi connectivity index (χ0) is 10.7. The summed E-state index contributed by atoms with van der Waals surface area (Å²) in [5.74, 6) is 0.00414. The van der Waals surface area contributed by atoms with E-state index < -0.39 is 12.1 Å². The van der Waals surface area contributed by atoms with Gasteiger partial charge in [-0.2, -0.15) is 0 Å². The van der Waals surface area contributed by atoms with Gasteiger partial charge in [0.1, 0.15) is 15.1 Å². The van der Waals surface area contributed by atoms with Crippen molar-refractivity contribution in [1.29, 1.82) is 0 Å². The predicted molar refractivity (Wildman–Crippen MR) is 54.4 cm³/mol. The second-order valence-corrected chi connectivity index (χ2v) is 3.51. The minimum Gasteiger partial charge on any atom is -0.495 e. The number of pyridine rings is 1. The Kier molecular flexibility index (Phi) is 3.99. The van der Waals surface area contributed by atoms with Crippen LogP contribution in [0.2, 0.25) is 0 Å². The number of aromatic nitrogens is 1. The summed E-state index contributed by atoms with van der Waals surface area (Å²) < 4.78 is 30.0. The zero-order valence-electron chi connectivity index (χ0n) is 7.30. The third kappa shape index (κ3) is 2.30. The second kappa shape index (κ2) is 4.83. The first-order valence-corrected chi connectivity index (χ1v) is 4.80. The van der Waals surface area contributed by atoms with E-state index in [1.807, 2.05) is 0 Å². The quantitative estimate of drug-likeness (QED) is 0.686. The molecule has 0 atom stereocenters. The molecular formula is C8H8F2INO2. The number of ether oxygens (including phenoxy) is 1. The Morgan fingerprint density at radius 2 is 2.29 bits per heavy atom. The van der Waals surface area contributed by atoms with Crippen molar-refractivity contribution in [3.8, 4) is 5.75 Å². The monoisotopic (exact) mass is 315 g/mol. The molecular weight excluding hydrogens is 307 g/mol. The fourth-order valence-electron chi connectivity index (χ4n) is 0.955. The lowest BCUT2D eigenvalue weighted by Gasteiger charge is -2.09. The maximum absolute atomic E-state index is 12.4. The minimum absolute atomic E-state index is 0.00414. The molecule has 1 rings (SSSR count). The number of hydrogen-bond donors (Lipinski definition) is 1. The third-order valence-electron chi connectivity index (χ3n) is 1.64. The number of aliphatic hydroxyl groups is 1. The Morgan fingerprint density at radius 1 is 1.64 bits per heavy atom. The van der Waals surface area contributed by atoms with Crippen LogP contribution in [-0.2, 0) is 6.61 Å². The van der Waals surface area contributed by atoms with Gasteiger partial charge in [-0.15, -0.1) is 0 Å². The van der Waals surface area contributed by atoms with Crippen LogP contribution in [0.1, 0.15) is 17.7 Å². The Bertz CT molecular complexity index is 333. The van der Waals surface area contributed by atoms with Gasteiger partial charge in [-0.1, -0.05) is 0 Å². The standard InChI is InChI=1S/C8H8F2INO2/c1-14-5-2-4(3-13)8(11)12-6(5)7(9)10/h2,7,13H,3H2,1H3. The van der Waals surface area contributed by atoms with Gasteiger partial charge in [0.05, 0.1) is 13.7 Å². The summed E-state index contributed by atoms with van der Waals surface area (Å²) in [6.07, 6.45) is -2.67. The molecule has 0 aromatic carbocycles. The first kappa shape index (κ1) is 11.6. The van der Waals surface area contributed by atoms with Crippen molar-refractivity contribution in [2.45, 2.75) is 13.0 Å². The van der Waals surface area contributed by atoms with E-state index in [4.69, 9.17) is 9.84 Å². The third-order valence-corrected chi connectivity index (χ3v) is 2.57. The van der Waals surface area contributed by atoms with Gasteiger partial charge in [0.25, 0.3) is 6.43 Å². The number of rotatable bonds is 3. The summed E-state index contributed by atoms with van der Waals surface area (Å²) in [4.78, 5) is 3.67. The van der Waals surface area contributed by atoms with Crippen molar-refractivity contribution in [2.75, 3.05) is 7.11 Å². The van der Waals surface area contributed by atoms with Crippen molar-refractivity contribution >= 4 is 22.6 Å². The van der Waals surface area contributed by atoms with Crippen LogP contribution in [0.25, 0.3) is 0 Å². The van der Waals surface area contributed by atoms with E-state index in [1.54, 1.807) is 22.6 Å². The normalized spacial score (nSPS) is 10.7. The number of aliphatic hydroxyl groups excluding tert-OH is 1. The number of alkyl halides is 2. The van der Waals surface area contributed by atoms with E-state index in [2.05, 4.69) is 4.98 Å². The molecule has 0 radical (unpaired) electrons. The van der Waals surface area contributed by atoms with E-state index in [9.17, 15) is 8.78 Å². The fraction of sp³-hybridized carbons (Fsp3) is 0.375. The van der Waals surface area contributed by atoms with Crippen LogP contribution < -0.4 is 4.74 Å². The largest absolute Gasteiger partial charge is 0.495 e.